The van der Waals surface area contributed by atoms with Gasteiger partial charge in [0.2, 0.25) is 0 Å². The number of carbonyl (C=O) groups is 2. The zero-order valence-corrected chi connectivity index (χ0v) is 21.2. The molecule has 4 aromatic rings. The van der Waals surface area contributed by atoms with Gasteiger partial charge in [0.05, 0.1) is 16.8 Å². The summed E-state index contributed by atoms with van der Waals surface area (Å²) in [6, 6.07) is 25.5. The number of amides is 1. The zero-order chi connectivity index (χ0) is 26.0. The lowest BCUT2D eigenvalue weighted by Crippen LogP contribution is -2.24. The summed E-state index contributed by atoms with van der Waals surface area (Å²) in [4.78, 5) is 25.1. The van der Waals surface area contributed by atoms with E-state index in [1.54, 1.807) is 30.3 Å². The van der Waals surface area contributed by atoms with E-state index < -0.39 is 11.9 Å². The van der Waals surface area contributed by atoms with Crippen molar-refractivity contribution in [2.24, 2.45) is 5.10 Å². The highest BCUT2D eigenvalue weighted by atomic mass is 35.5. The fourth-order valence-corrected chi connectivity index (χ4v) is 3.98. The van der Waals surface area contributed by atoms with Crippen LogP contribution in [0.2, 0.25) is 5.02 Å². The lowest BCUT2D eigenvalue weighted by molar-refractivity contribution is -0.123. The summed E-state index contributed by atoms with van der Waals surface area (Å²) in [5, 5.41) is 6.12. The molecule has 37 heavy (non-hydrogen) atoms. The number of aryl methyl sites for hydroxylation is 1. The predicted octanol–water partition coefficient (Wildman–Crippen LogP) is 6.58. The highest BCUT2D eigenvalue weighted by Crippen LogP contribution is 2.28. The summed E-state index contributed by atoms with van der Waals surface area (Å²) < 4.78 is 11.2. The molecule has 4 rings (SSSR count). The highest BCUT2D eigenvalue weighted by molar-refractivity contribution is 6.33. The summed E-state index contributed by atoms with van der Waals surface area (Å²) in [6.07, 6.45) is 4.76. The van der Waals surface area contributed by atoms with Crippen LogP contribution in [0.3, 0.4) is 0 Å². The molecule has 1 amide bonds. The molecule has 0 fully saturated rings. The van der Waals surface area contributed by atoms with E-state index in [-0.39, 0.29) is 12.2 Å². The highest BCUT2D eigenvalue weighted by Gasteiger charge is 2.16. The number of unbranched alkanes of at least 4 members (excludes halogenated alkanes) is 1. The van der Waals surface area contributed by atoms with Crippen molar-refractivity contribution in [3.05, 3.63) is 107 Å². The molecule has 0 saturated carbocycles. The minimum Gasteiger partial charge on any atom is -0.484 e. The van der Waals surface area contributed by atoms with Crippen molar-refractivity contribution in [3.8, 4) is 11.5 Å². The molecule has 0 aliphatic rings. The van der Waals surface area contributed by atoms with Gasteiger partial charge in [0.25, 0.3) is 5.91 Å². The van der Waals surface area contributed by atoms with Crippen LogP contribution in [0, 0.1) is 0 Å². The van der Waals surface area contributed by atoms with Crippen LogP contribution >= 0.6 is 11.6 Å². The molecular weight excluding hydrogens is 488 g/mol. The zero-order valence-electron chi connectivity index (χ0n) is 20.4. The molecule has 0 aliphatic carbocycles. The number of halogens is 1. The summed E-state index contributed by atoms with van der Waals surface area (Å²) in [5.74, 6) is -0.0990. The molecule has 0 aromatic heterocycles. The summed E-state index contributed by atoms with van der Waals surface area (Å²) >= 11 is 6.15. The fraction of sp³-hybridized carbons (Fsp3) is 0.167. The van der Waals surface area contributed by atoms with E-state index in [1.807, 2.05) is 54.6 Å². The van der Waals surface area contributed by atoms with E-state index >= 15 is 0 Å². The quantitative estimate of drug-likeness (QED) is 0.112. The number of esters is 1. The lowest BCUT2D eigenvalue weighted by Gasteiger charge is -2.11. The Morgan fingerprint density at radius 1 is 0.946 bits per heavy atom. The van der Waals surface area contributed by atoms with Crippen molar-refractivity contribution in [1.82, 2.24) is 5.43 Å². The summed E-state index contributed by atoms with van der Waals surface area (Å²) in [5.41, 5.74) is 4.51. The SMILES string of the molecule is CCCCc1ccc(OCC(=O)N/N=C/c2c(OC(=O)c3ccccc3Cl)ccc3ccccc23)cc1. The molecule has 1 N–H and O–H groups in total. The van der Waals surface area contributed by atoms with E-state index in [0.717, 1.165) is 30.0 Å². The number of hydrogen-bond acceptors (Lipinski definition) is 5. The van der Waals surface area contributed by atoms with E-state index in [1.165, 1.54) is 11.8 Å². The second kappa shape index (κ2) is 12.7. The molecule has 6 nitrogen and oxygen atoms in total. The number of rotatable bonds is 10. The van der Waals surface area contributed by atoms with Gasteiger partial charge in [-0.1, -0.05) is 79.5 Å². The van der Waals surface area contributed by atoms with Gasteiger partial charge in [-0.3, -0.25) is 4.79 Å². The normalized spacial score (nSPS) is 11.0. The number of carbonyl (C=O) groups excluding carboxylic acids is 2. The fourth-order valence-electron chi connectivity index (χ4n) is 3.76. The van der Waals surface area contributed by atoms with Crippen LogP contribution in [-0.4, -0.2) is 24.7 Å². The largest absolute Gasteiger partial charge is 0.484 e. The first-order valence-electron chi connectivity index (χ1n) is 12.1. The van der Waals surface area contributed by atoms with Crippen LogP contribution in [0.25, 0.3) is 10.8 Å². The number of nitrogens with zero attached hydrogens (tertiary/aromatic N) is 1. The molecular formula is C30H27ClN2O4. The van der Waals surface area contributed by atoms with Crippen LogP contribution in [0.5, 0.6) is 11.5 Å². The molecule has 7 heteroatoms. The molecule has 0 aliphatic heterocycles. The lowest BCUT2D eigenvalue weighted by atomic mass is 10.0. The maximum absolute atomic E-state index is 12.8. The van der Waals surface area contributed by atoms with E-state index in [4.69, 9.17) is 21.1 Å². The van der Waals surface area contributed by atoms with Crippen molar-refractivity contribution >= 4 is 40.5 Å². The monoisotopic (exact) mass is 514 g/mol. The third-order valence-electron chi connectivity index (χ3n) is 5.72. The first-order chi connectivity index (χ1) is 18.0. The third-order valence-corrected chi connectivity index (χ3v) is 6.05. The Morgan fingerprint density at radius 3 is 2.49 bits per heavy atom. The smallest absolute Gasteiger partial charge is 0.345 e. The Kier molecular flexibility index (Phi) is 8.89. The van der Waals surface area contributed by atoms with Crippen molar-refractivity contribution in [3.63, 3.8) is 0 Å². The number of benzene rings is 4. The molecule has 0 radical (unpaired) electrons. The number of hydrazone groups is 1. The van der Waals surface area contributed by atoms with Crippen molar-refractivity contribution in [1.29, 1.82) is 0 Å². The molecule has 0 unspecified atom stereocenters. The number of nitrogens with one attached hydrogen (secondary N) is 1. The van der Waals surface area contributed by atoms with Gasteiger partial charge < -0.3 is 9.47 Å². The van der Waals surface area contributed by atoms with Gasteiger partial charge in [0, 0.05) is 5.56 Å². The maximum atomic E-state index is 12.8. The van der Waals surface area contributed by atoms with Gasteiger partial charge in [0.15, 0.2) is 6.61 Å². The van der Waals surface area contributed by atoms with Crippen LogP contribution in [-0.2, 0) is 11.2 Å². The van der Waals surface area contributed by atoms with E-state index in [0.29, 0.717) is 22.1 Å². The van der Waals surface area contributed by atoms with Crippen molar-refractivity contribution < 1.29 is 19.1 Å². The van der Waals surface area contributed by atoms with Crippen LogP contribution < -0.4 is 14.9 Å². The predicted molar refractivity (Wildman–Crippen MR) is 147 cm³/mol. The first-order valence-corrected chi connectivity index (χ1v) is 12.4. The number of ether oxygens (including phenoxy) is 2. The van der Waals surface area contributed by atoms with Gasteiger partial charge in [0.1, 0.15) is 11.5 Å². The topological polar surface area (TPSA) is 77.0 Å². The second-order valence-corrected chi connectivity index (χ2v) is 8.80. The molecule has 0 heterocycles. The van der Waals surface area contributed by atoms with Gasteiger partial charge in [-0.15, -0.1) is 0 Å². The maximum Gasteiger partial charge on any atom is 0.345 e. The molecule has 4 aromatic carbocycles. The number of fused-ring (bicyclic) bond motifs is 1. The Morgan fingerprint density at radius 2 is 1.70 bits per heavy atom. The van der Waals surface area contributed by atoms with Crippen LogP contribution in [0.15, 0.2) is 90.0 Å². The Balaban J connectivity index is 1.44. The Hall–Kier alpha value is -4.16. The third kappa shape index (κ3) is 6.96. The summed E-state index contributed by atoms with van der Waals surface area (Å²) in [7, 11) is 0. The second-order valence-electron chi connectivity index (χ2n) is 8.40. The van der Waals surface area contributed by atoms with Crippen LogP contribution in [0.4, 0.5) is 0 Å². The van der Waals surface area contributed by atoms with Gasteiger partial charge in [-0.2, -0.15) is 5.10 Å². The number of hydrogen-bond donors (Lipinski definition) is 1. The van der Waals surface area contributed by atoms with Crippen molar-refractivity contribution in [2.45, 2.75) is 26.2 Å². The average Bonchev–Trinajstić information content (AvgIpc) is 2.92. The van der Waals surface area contributed by atoms with E-state index in [2.05, 4.69) is 17.5 Å². The summed E-state index contributed by atoms with van der Waals surface area (Å²) in [6.45, 7) is 1.97. The molecule has 0 saturated heterocycles. The molecule has 0 spiro atoms. The van der Waals surface area contributed by atoms with Gasteiger partial charge in [-0.25, -0.2) is 10.2 Å². The minimum atomic E-state index is -0.589. The van der Waals surface area contributed by atoms with Crippen molar-refractivity contribution in [2.75, 3.05) is 6.61 Å². The standard InChI is InChI=1S/C30H27ClN2O4/c1-2-3-8-21-13-16-23(17-14-21)36-20-29(34)33-32-19-26-24-10-5-4-9-22(24)15-18-28(26)37-30(35)25-11-6-7-12-27(25)31/h4-7,9-19H,2-3,8,20H2,1H3,(H,33,34)/b32-19+. The first kappa shape index (κ1) is 25.9. The average molecular weight is 515 g/mol. The van der Waals surface area contributed by atoms with Crippen LogP contribution in [0.1, 0.15) is 41.3 Å². The Labute approximate surface area is 220 Å². The Bertz CT molecular complexity index is 1420. The van der Waals surface area contributed by atoms with E-state index in [9.17, 15) is 9.59 Å². The van der Waals surface area contributed by atoms with Gasteiger partial charge in [-0.05, 0) is 59.5 Å². The van der Waals surface area contributed by atoms with Gasteiger partial charge >= 0.3 is 5.97 Å². The molecule has 188 valence electrons. The minimum absolute atomic E-state index is 0.185. The molecule has 0 bridgehead atoms. The molecule has 0 atom stereocenters.